The first-order valence-corrected chi connectivity index (χ1v) is 10.5. The molecule has 1 amide bonds. The predicted octanol–water partition coefficient (Wildman–Crippen LogP) is 4.39. The Labute approximate surface area is 170 Å². The van der Waals surface area contributed by atoms with Crippen LogP contribution in [0.5, 0.6) is 0 Å². The lowest BCUT2D eigenvalue weighted by molar-refractivity contribution is -0.113. The van der Waals surface area contributed by atoms with Crippen LogP contribution in [0.3, 0.4) is 0 Å². The van der Waals surface area contributed by atoms with Crippen molar-refractivity contribution in [1.82, 2.24) is 9.55 Å². The summed E-state index contributed by atoms with van der Waals surface area (Å²) in [6.07, 6.45) is 0. The van der Waals surface area contributed by atoms with E-state index in [0.29, 0.717) is 15.4 Å². The second-order valence-electron chi connectivity index (χ2n) is 6.16. The molecule has 0 aliphatic rings. The van der Waals surface area contributed by atoms with Crippen molar-refractivity contribution in [2.24, 2.45) is 7.05 Å². The smallest absolute Gasteiger partial charge is 0.262 e. The normalized spacial score (nSPS) is 10.9. The molecule has 0 fully saturated rings. The molecule has 0 saturated carbocycles. The highest BCUT2D eigenvalue weighted by Crippen LogP contribution is 2.31. The highest BCUT2D eigenvalue weighted by molar-refractivity contribution is 7.99. The van der Waals surface area contributed by atoms with Crippen molar-refractivity contribution >= 4 is 44.9 Å². The van der Waals surface area contributed by atoms with Gasteiger partial charge in [-0.05, 0) is 23.8 Å². The minimum absolute atomic E-state index is 0.102. The molecule has 0 unspecified atom stereocenters. The van der Waals surface area contributed by atoms with E-state index in [-0.39, 0.29) is 17.2 Å². The number of thiophene rings is 1. The van der Waals surface area contributed by atoms with E-state index in [1.165, 1.54) is 27.7 Å². The summed E-state index contributed by atoms with van der Waals surface area (Å²) in [6, 6.07) is 21.1. The van der Waals surface area contributed by atoms with E-state index in [1.807, 2.05) is 66.7 Å². The number of aromatic nitrogens is 2. The van der Waals surface area contributed by atoms with Crippen LogP contribution < -0.4 is 10.9 Å². The molecular weight excluding hydrogens is 390 g/mol. The standard InChI is InChI=1S/C21H17N3O2S2/c1-24-20(26)16-12-17(14-8-4-2-5-9-14)28-19(16)23-21(24)27-13-18(25)22-15-10-6-3-7-11-15/h2-12H,13H2,1H3,(H,22,25). The van der Waals surface area contributed by atoms with Crippen LogP contribution in [-0.4, -0.2) is 21.2 Å². The number of thioether (sulfide) groups is 1. The second-order valence-corrected chi connectivity index (χ2v) is 8.13. The molecular formula is C21H17N3O2S2. The van der Waals surface area contributed by atoms with Gasteiger partial charge in [-0.3, -0.25) is 14.2 Å². The number of hydrogen-bond acceptors (Lipinski definition) is 5. The quantitative estimate of drug-likeness (QED) is 0.394. The van der Waals surface area contributed by atoms with Gasteiger partial charge in [-0.2, -0.15) is 0 Å². The summed E-state index contributed by atoms with van der Waals surface area (Å²) in [7, 11) is 1.69. The van der Waals surface area contributed by atoms with Crippen molar-refractivity contribution in [2.75, 3.05) is 11.1 Å². The summed E-state index contributed by atoms with van der Waals surface area (Å²) in [4.78, 5) is 31.3. The molecule has 1 N–H and O–H groups in total. The van der Waals surface area contributed by atoms with Gasteiger partial charge < -0.3 is 5.32 Å². The molecule has 28 heavy (non-hydrogen) atoms. The molecule has 0 saturated heterocycles. The zero-order valence-corrected chi connectivity index (χ0v) is 16.7. The summed E-state index contributed by atoms with van der Waals surface area (Å²) in [5.41, 5.74) is 1.70. The molecule has 140 valence electrons. The van der Waals surface area contributed by atoms with Crippen molar-refractivity contribution < 1.29 is 4.79 Å². The first-order valence-electron chi connectivity index (χ1n) is 8.65. The number of hydrogen-bond donors (Lipinski definition) is 1. The third-order valence-electron chi connectivity index (χ3n) is 4.18. The van der Waals surface area contributed by atoms with Crippen LogP contribution in [0, 0.1) is 0 Å². The van der Waals surface area contributed by atoms with Crippen LogP contribution in [0.2, 0.25) is 0 Å². The van der Waals surface area contributed by atoms with Crippen LogP contribution >= 0.6 is 23.1 Å². The molecule has 2 aromatic heterocycles. The van der Waals surface area contributed by atoms with Gasteiger partial charge in [-0.25, -0.2) is 4.98 Å². The lowest BCUT2D eigenvalue weighted by atomic mass is 10.2. The second kappa shape index (κ2) is 8.00. The number of nitrogens with zero attached hydrogens (tertiary/aromatic N) is 2. The van der Waals surface area contributed by atoms with Crippen LogP contribution in [0.4, 0.5) is 5.69 Å². The Balaban J connectivity index is 1.57. The third-order valence-corrected chi connectivity index (χ3v) is 6.29. The summed E-state index contributed by atoms with van der Waals surface area (Å²) < 4.78 is 1.50. The zero-order chi connectivity index (χ0) is 19.5. The first-order chi connectivity index (χ1) is 13.6. The Morgan fingerprint density at radius 1 is 1.11 bits per heavy atom. The predicted molar refractivity (Wildman–Crippen MR) is 116 cm³/mol. The van der Waals surface area contributed by atoms with E-state index < -0.39 is 0 Å². The number of rotatable bonds is 5. The lowest BCUT2D eigenvalue weighted by Crippen LogP contribution is -2.20. The molecule has 0 aliphatic carbocycles. The van der Waals surface area contributed by atoms with Gasteiger partial charge in [0.2, 0.25) is 5.91 Å². The summed E-state index contributed by atoms with van der Waals surface area (Å²) >= 11 is 2.74. The van der Waals surface area contributed by atoms with E-state index in [4.69, 9.17) is 0 Å². The fourth-order valence-electron chi connectivity index (χ4n) is 2.77. The zero-order valence-electron chi connectivity index (χ0n) is 15.1. The van der Waals surface area contributed by atoms with Crippen LogP contribution in [-0.2, 0) is 11.8 Å². The van der Waals surface area contributed by atoms with E-state index in [0.717, 1.165) is 16.1 Å². The first kappa shape index (κ1) is 18.5. The SMILES string of the molecule is Cn1c(SCC(=O)Nc2ccccc2)nc2sc(-c3ccccc3)cc2c1=O. The Morgan fingerprint density at radius 3 is 2.50 bits per heavy atom. The minimum Gasteiger partial charge on any atom is -0.325 e. The van der Waals surface area contributed by atoms with E-state index in [9.17, 15) is 9.59 Å². The van der Waals surface area contributed by atoms with Crippen molar-refractivity contribution in [1.29, 1.82) is 0 Å². The summed E-state index contributed by atoms with van der Waals surface area (Å²) in [5.74, 6) is 0.0409. The summed E-state index contributed by atoms with van der Waals surface area (Å²) in [5, 5.41) is 3.97. The average Bonchev–Trinajstić information content (AvgIpc) is 3.15. The van der Waals surface area contributed by atoms with Gasteiger partial charge in [0.1, 0.15) is 4.83 Å². The van der Waals surface area contributed by atoms with Gasteiger partial charge in [0, 0.05) is 17.6 Å². The molecule has 2 aromatic carbocycles. The fraction of sp³-hybridized carbons (Fsp3) is 0.0952. The number of fused-ring (bicyclic) bond motifs is 1. The topological polar surface area (TPSA) is 64.0 Å². The van der Waals surface area contributed by atoms with Crippen LogP contribution in [0.25, 0.3) is 20.7 Å². The molecule has 5 nitrogen and oxygen atoms in total. The Kier molecular flexibility index (Phi) is 5.27. The van der Waals surface area contributed by atoms with E-state index >= 15 is 0 Å². The number of nitrogens with one attached hydrogen (secondary N) is 1. The third kappa shape index (κ3) is 3.85. The molecule has 0 aliphatic heterocycles. The minimum atomic E-state index is -0.137. The number of amides is 1. The largest absolute Gasteiger partial charge is 0.325 e. The number of anilines is 1. The molecule has 4 rings (SSSR count). The van der Waals surface area contributed by atoms with E-state index in [1.54, 1.807) is 7.05 Å². The van der Waals surface area contributed by atoms with Gasteiger partial charge >= 0.3 is 0 Å². The lowest BCUT2D eigenvalue weighted by Gasteiger charge is -2.07. The molecule has 0 spiro atoms. The van der Waals surface area contributed by atoms with Gasteiger partial charge in [-0.1, -0.05) is 60.3 Å². The van der Waals surface area contributed by atoms with Crippen LogP contribution in [0.15, 0.2) is 76.7 Å². The van der Waals surface area contributed by atoms with E-state index in [2.05, 4.69) is 10.3 Å². The maximum atomic E-state index is 12.7. The van der Waals surface area contributed by atoms with Crippen molar-refractivity contribution in [3.8, 4) is 10.4 Å². The van der Waals surface area contributed by atoms with Crippen molar-refractivity contribution in [2.45, 2.75) is 5.16 Å². The number of carbonyl (C=O) groups excluding carboxylic acids is 1. The Morgan fingerprint density at radius 2 is 1.79 bits per heavy atom. The number of benzene rings is 2. The van der Waals surface area contributed by atoms with Crippen LogP contribution in [0.1, 0.15) is 0 Å². The fourth-order valence-corrected chi connectivity index (χ4v) is 4.62. The molecule has 4 aromatic rings. The molecule has 7 heteroatoms. The number of para-hydroxylation sites is 1. The van der Waals surface area contributed by atoms with Gasteiger partial charge in [0.25, 0.3) is 5.56 Å². The van der Waals surface area contributed by atoms with Gasteiger partial charge in [0.05, 0.1) is 11.1 Å². The Hall–Kier alpha value is -2.90. The maximum absolute atomic E-state index is 12.7. The maximum Gasteiger partial charge on any atom is 0.262 e. The monoisotopic (exact) mass is 407 g/mol. The van der Waals surface area contributed by atoms with Crippen molar-refractivity contribution in [3.63, 3.8) is 0 Å². The Bertz CT molecular complexity index is 1180. The van der Waals surface area contributed by atoms with Gasteiger partial charge in [0.15, 0.2) is 5.16 Å². The molecule has 0 radical (unpaired) electrons. The van der Waals surface area contributed by atoms with Crippen molar-refractivity contribution in [3.05, 3.63) is 77.1 Å². The molecule has 0 atom stereocenters. The van der Waals surface area contributed by atoms with Gasteiger partial charge in [-0.15, -0.1) is 11.3 Å². The number of carbonyl (C=O) groups is 1. The summed E-state index contributed by atoms with van der Waals surface area (Å²) in [6.45, 7) is 0. The highest BCUT2D eigenvalue weighted by atomic mass is 32.2. The average molecular weight is 408 g/mol. The highest BCUT2D eigenvalue weighted by Gasteiger charge is 2.14. The molecule has 0 bridgehead atoms. The molecule has 2 heterocycles.